The molecule has 2 amide bonds. The summed E-state index contributed by atoms with van der Waals surface area (Å²) in [6.07, 6.45) is 2.05. The number of amides is 2. The van der Waals surface area contributed by atoms with E-state index in [0.717, 1.165) is 28.1 Å². The number of carbonyl (C=O) groups is 1. The number of hydrogen-bond acceptors (Lipinski definition) is 1. The quantitative estimate of drug-likeness (QED) is 0.431. The lowest BCUT2D eigenvalue weighted by Crippen LogP contribution is -2.41. The van der Waals surface area contributed by atoms with Crippen molar-refractivity contribution in [2.45, 2.75) is 19.1 Å². The number of halogens is 1. The summed E-state index contributed by atoms with van der Waals surface area (Å²) in [7, 11) is 0. The van der Waals surface area contributed by atoms with Gasteiger partial charge in [-0.15, -0.1) is 0 Å². The van der Waals surface area contributed by atoms with Crippen LogP contribution in [0.1, 0.15) is 28.4 Å². The molecule has 4 nitrogen and oxygen atoms in total. The highest BCUT2D eigenvalue weighted by atomic mass is 35.5. The second-order valence-electron chi connectivity index (χ2n) is 7.63. The Balaban J connectivity index is 1.59. The smallest absolute Gasteiger partial charge is 0.318 e. The molecule has 0 spiro atoms. The molecule has 0 bridgehead atoms. The SMILES string of the molecule is O=C(NCc1ccccc1)N1Cc2ccccc2-n2cccc2[C@@H]1c1ccccc1Cl. The van der Waals surface area contributed by atoms with Gasteiger partial charge in [0.25, 0.3) is 0 Å². The van der Waals surface area contributed by atoms with Gasteiger partial charge in [-0.25, -0.2) is 4.79 Å². The first-order valence-electron chi connectivity index (χ1n) is 10.3. The number of fused-ring (bicyclic) bond motifs is 3. The third-order valence-electron chi connectivity index (χ3n) is 5.71. The Hall–Kier alpha value is -3.50. The number of para-hydroxylation sites is 1. The number of urea groups is 1. The van der Waals surface area contributed by atoms with Crippen LogP contribution in [0.3, 0.4) is 0 Å². The molecule has 0 aliphatic carbocycles. The minimum Gasteiger partial charge on any atom is -0.334 e. The standard InChI is InChI=1S/C26H22ClN3O/c27-22-13-6-5-12-21(22)25-24-15-8-16-29(24)23-14-7-4-11-20(23)18-30(25)26(31)28-17-19-9-2-1-3-10-19/h1-16,25H,17-18H2,(H,28,31)/t25-/m0/s1. The van der Waals surface area contributed by atoms with Gasteiger partial charge in [0.15, 0.2) is 0 Å². The van der Waals surface area contributed by atoms with E-state index in [0.29, 0.717) is 18.1 Å². The summed E-state index contributed by atoms with van der Waals surface area (Å²) in [6, 6.07) is 29.5. The fraction of sp³-hybridized carbons (Fsp3) is 0.115. The highest BCUT2D eigenvalue weighted by molar-refractivity contribution is 6.31. The molecule has 31 heavy (non-hydrogen) atoms. The Labute approximate surface area is 186 Å². The first-order valence-corrected chi connectivity index (χ1v) is 10.7. The van der Waals surface area contributed by atoms with Gasteiger partial charge < -0.3 is 14.8 Å². The van der Waals surface area contributed by atoms with E-state index in [-0.39, 0.29) is 12.1 Å². The monoisotopic (exact) mass is 427 g/mol. The Bertz CT molecular complexity index is 1220. The summed E-state index contributed by atoms with van der Waals surface area (Å²) in [6.45, 7) is 0.947. The molecule has 5 rings (SSSR count). The number of nitrogens with zero attached hydrogens (tertiary/aromatic N) is 2. The number of carbonyl (C=O) groups excluding carboxylic acids is 1. The van der Waals surface area contributed by atoms with Crippen LogP contribution in [0.15, 0.2) is 97.2 Å². The molecule has 4 aromatic rings. The number of nitrogens with one attached hydrogen (secondary N) is 1. The zero-order chi connectivity index (χ0) is 21.2. The number of hydrogen-bond donors (Lipinski definition) is 1. The average molecular weight is 428 g/mol. The van der Waals surface area contributed by atoms with E-state index < -0.39 is 0 Å². The zero-order valence-corrected chi connectivity index (χ0v) is 17.7. The minimum atomic E-state index is -0.313. The Morgan fingerprint density at radius 2 is 1.65 bits per heavy atom. The Morgan fingerprint density at radius 1 is 0.903 bits per heavy atom. The molecule has 0 saturated carbocycles. The number of aromatic nitrogens is 1. The maximum atomic E-state index is 13.5. The van der Waals surface area contributed by atoms with Gasteiger partial charge in [-0.2, -0.15) is 0 Å². The van der Waals surface area contributed by atoms with Crippen molar-refractivity contribution in [3.8, 4) is 5.69 Å². The Kier molecular flexibility index (Phi) is 5.23. The first-order chi connectivity index (χ1) is 15.2. The van der Waals surface area contributed by atoms with E-state index in [2.05, 4.69) is 28.1 Å². The van der Waals surface area contributed by atoms with Crippen molar-refractivity contribution < 1.29 is 4.79 Å². The number of benzene rings is 3. The normalized spacial score (nSPS) is 15.0. The summed E-state index contributed by atoms with van der Waals surface area (Å²) < 4.78 is 2.16. The highest BCUT2D eigenvalue weighted by Crippen LogP contribution is 2.38. The van der Waals surface area contributed by atoms with Crippen LogP contribution in [0.5, 0.6) is 0 Å². The van der Waals surface area contributed by atoms with Crippen LogP contribution in [0, 0.1) is 0 Å². The van der Waals surface area contributed by atoms with Gasteiger partial charge >= 0.3 is 6.03 Å². The lowest BCUT2D eigenvalue weighted by molar-refractivity contribution is 0.180. The van der Waals surface area contributed by atoms with Crippen molar-refractivity contribution in [3.63, 3.8) is 0 Å². The largest absolute Gasteiger partial charge is 0.334 e. The van der Waals surface area contributed by atoms with E-state index in [1.54, 1.807) is 0 Å². The lowest BCUT2D eigenvalue weighted by Gasteiger charge is -2.31. The fourth-order valence-electron chi connectivity index (χ4n) is 4.24. The van der Waals surface area contributed by atoms with E-state index in [4.69, 9.17) is 11.6 Å². The van der Waals surface area contributed by atoms with Gasteiger partial charge in [-0.1, -0.05) is 78.3 Å². The first kappa shape index (κ1) is 19.5. The third kappa shape index (κ3) is 3.71. The van der Waals surface area contributed by atoms with Crippen molar-refractivity contribution >= 4 is 17.6 Å². The minimum absolute atomic E-state index is 0.127. The summed E-state index contributed by atoms with van der Waals surface area (Å²) in [5.41, 5.74) is 5.14. The maximum Gasteiger partial charge on any atom is 0.318 e. The van der Waals surface area contributed by atoms with E-state index in [9.17, 15) is 4.79 Å². The zero-order valence-electron chi connectivity index (χ0n) is 16.9. The molecule has 1 aromatic heterocycles. The van der Waals surface area contributed by atoms with Crippen molar-refractivity contribution in [1.29, 1.82) is 0 Å². The molecule has 3 aromatic carbocycles. The van der Waals surface area contributed by atoms with E-state index >= 15 is 0 Å². The number of rotatable bonds is 3. The molecule has 1 N–H and O–H groups in total. The van der Waals surface area contributed by atoms with Crippen LogP contribution in [0.2, 0.25) is 5.02 Å². The van der Waals surface area contributed by atoms with Gasteiger partial charge in [0.2, 0.25) is 0 Å². The van der Waals surface area contributed by atoms with Crippen molar-refractivity contribution in [1.82, 2.24) is 14.8 Å². The molecule has 1 aliphatic rings. The second kappa shape index (κ2) is 8.32. The molecule has 0 unspecified atom stereocenters. The summed E-state index contributed by atoms with van der Waals surface area (Å²) in [5.74, 6) is 0. The lowest BCUT2D eigenvalue weighted by atomic mass is 10.0. The molecule has 5 heteroatoms. The van der Waals surface area contributed by atoms with E-state index in [1.807, 2.05) is 83.9 Å². The highest BCUT2D eigenvalue weighted by Gasteiger charge is 2.33. The molecule has 1 atom stereocenters. The topological polar surface area (TPSA) is 37.3 Å². The molecule has 2 heterocycles. The molecular weight excluding hydrogens is 406 g/mol. The van der Waals surface area contributed by atoms with Gasteiger partial charge in [0.05, 0.1) is 17.9 Å². The van der Waals surface area contributed by atoms with E-state index in [1.165, 1.54) is 0 Å². The predicted octanol–water partition coefficient (Wildman–Crippen LogP) is 5.95. The van der Waals surface area contributed by atoms with Crippen LogP contribution in [0.4, 0.5) is 4.79 Å². The van der Waals surface area contributed by atoms with Crippen LogP contribution in [-0.4, -0.2) is 15.5 Å². The van der Waals surface area contributed by atoms with Crippen molar-refractivity contribution in [3.05, 3.63) is 125 Å². The molecule has 0 fully saturated rings. The second-order valence-corrected chi connectivity index (χ2v) is 8.04. The van der Waals surface area contributed by atoms with Crippen LogP contribution in [-0.2, 0) is 13.1 Å². The van der Waals surface area contributed by atoms with Crippen molar-refractivity contribution in [2.24, 2.45) is 0 Å². The van der Waals surface area contributed by atoms with Crippen molar-refractivity contribution in [2.75, 3.05) is 0 Å². The summed E-state index contributed by atoms with van der Waals surface area (Å²) in [5, 5.41) is 3.75. The predicted molar refractivity (Wildman–Crippen MR) is 123 cm³/mol. The molecular formula is C26H22ClN3O. The van der Waals surface area contributed by atoms with Crippen LogP contribution in [0.25, 0.3) is 5.69 Å². The molecule has 154 valence electrons. The third-order valence-corrected chi connectivity index (χ3v) is 6.06. The fourth-order valence-corrected chi connectivity index (χ4v) is 4.48. The average Bonchev–Trinajstić information content (AvgIpc) is 3.23. The molecule has 0 saturated heterocycles. The van der Waals surface area contributed by atoms with Gasteiger partial charge in [-0.05, 0) is 41.0 Å². The summed E-state index contributed by atoms with van der Waals surface area (Å²) in [4.78, 5) is 15.4. The van der Waals surface area contributed by atoms with Gasteiger partial charge in [0, 0.05) is 17.8 Å². The molecule has 1 aliphatic heterocycles. The Morgan fingerprint density at radius 3 is 2.48 bits per heavy atom. The molecule has 0 radical (unpaired) electrons. The maximum absolute atomic E-state index is 13.5. The summed E-state index contributed by atoms with van der Waals surface area (Å²) >= 11 is 6.63. The van der Waals surface area contributed by atoms with Gasteiger partial charge in [-0.3, -0.25) is 0 Å². The van der Waals surface area contributed by atoms with Crippen LogP contribution < -0.4 is 5.32 Å². The van der Waals surface area contributed by atoms with Crippen LogP contribution >= 0.6 is 11.6 Å². The van der Waals surface area contributed by atoms with Gasteiger partial charge in [0.1, 0.15) is 6.04 Å².